The predicted molar refractivity (Wildman–Crippen MR) is 127 cm³/mol. The van der Waals surface area contributed by atoms with Crippen molar-refractivity contribution in [1.82, 2.24) is 9.29 Å². The standard InChI is InChI=1S/C20H18Cl3N3O3S2/c1-29-18-5-3-14(22)11-19(18)31(27,28)26-8-6-25(7-9-26)20-24-17(12-30-20)15-4-2-13(21)10-16(15)23/h2-5,10-12H,6-9H2,1H3. The van der Waals surface area contributed by atoms with E-state index in [1.807, 2.05) is 11.4 Å². The summed E-state index contributed by atoms with van der Waals surface area (Å²) < 4.78 is 33.0. The minimum atomic E-state index is -3.73. The van der Waals surface area contributed by atoms with Crippen LogP contribution in [0.5, 0.6) is 5.75 Å². The lowest BCUT2D eigenvalue weighted by atomic mass is 10.2. The van der Waals surface area contributed by atoms with Gasteiger partial charge in [0.05, 0.1) is 17.8 Å². The largest absolute Gasteiger partial charge is 0.495 e. The maximum atomic E-state index is 13.1. The zero-order chi connectivity index (χ0) is 22.2. The van der Waals surface area contributed by atoms with Crippen LogP contribution in [0.4, 0.5) is 5.13 Å². The second-order valence-corrected chi connectivity index (χ2v) is 10.8. The van der Waals surface area contributed by atoms with Crippen molar-refractivity contribution in [2.45, 2.75) is 4.90 Å². The van der Waals surface area contributed by atoms with Crippen molar-refractivity contribution in [1.29, 1.82) is 0 Å². The van der Waals surface area contributed by atoms with Crippen LogP contribution in [-0.2, 0) is 10.0 Å². The Morgan fingerprint density at radius 2 is 1.68 bits per heavy atom. The van der Waals surface area contributed by atoms with Gasteiger partial charge in [0.2, 0.25) is 10.0 Å². The number of thiazole rings is 1. The summed E-state index contributed by atoms with van der Waals surface area (Å²) in [5.74, 6) is 0.274. The van der Waals surface area contributed by atoms with E-state index in [9.17, 15) is 8.42 Å². The number of sulfonamides is 1. The first-order valence-electron chi connectivity index (χ1n) is 9.29. The van der Waals surface area contributed by atoms with E-state index in [2.05, 4.69) is 4.90 Å². The van der Waals surface area contributed by atoms with Crippen molar-refractivity contribution in [3.8, 4) is 17.0 Å². The number of anilines is 1. The molecule has 1 saturated heterocycles. The lowest BCUT2D eigenvalue weighted by Crippen LogP contribution is -2.48. The Morgan fingerprint density at radius 3 is 2.35 bits per heavy atom. The van der Waals surface area contributed by atoms with E-state index in [0.717, 1.165) is 16.4 Å². The molecule has 0 N–H and O–H groups in total. The predicted octanol–water partition coefficient (Wildman–Crippen LogP) is 5.29. The zero-order valence-corrected chi connectivity index (χ0v) is 20.3. The summed E-state index contributed by atoms with van der Waals surface area (Å²) in [6.07, 6.45) is 0. The molecular formula is C20H18Cl3N3O3S2. The van der Waals surface area contributed by atoms with Gasteiger partial charge in [-0.25, -0.2) is 13.4 Å². The maximum Gasteiger partial charge on any atom is 0.246 e. The maximum absolute atomic E-state index is 13.1. The second kappa shape index (κ2) is 9.13. The number of hydrogen-bond acceptors (Lipinski definition) is 6. The monoisotopic (exact) mass is 517 g/mol. The zero-order valence-electron chi connectivity index (χ0n) is 16.4. The molecule has 3 aromatic rings. The second-order valence-electron chi connectivity index (χ2n) is 6.83. The van der Waals surface area contributed by atoms with Crippen LogP contribution in [0, 0.1) is 0 Å². The van der Waals surface area contributed by atoms with Crippen LogP contribution in [0.1, 0.15) is 0 Å². The third-order valence-electron chi connectivity index (χ3n) is 4.95. The van der Waals surface area contributed by atoms with Gasteiger partial charge in [0.1, 0.15) is 10.6 Å². The molecule has 31 heavy (non-hydrogen) atoms. The van der Waals surface area contributed by atoms with E-state index in [1.54, 1.807) is 24.3 Å². The number of aromatic nitrogens is 1. The molecule has 1 fully saturated rings. The van der Waals surface area contributed by atoms with Crippen molar-refractivity contribution < 1.29 is 13.2 Å². The molecule has 6 nitrogen and oxygen atoms in total. The summed E-state index contributed by atoms with van der Waals surface area (Å²) >= 11 is 19.8. The molecule has 164 valence electrons. The molecule has 0 aliphatic carbocycles. The summed E-state index contributed by atoms with van der Waals surface area (Å²) in [5, 5.41) is 4.20. The molecule has 1 aliphatic rings. The van der Waals surface area contributed by atoms with Crippen molar-refractivity contribution in [2.24, 2.45) is 0 Å². The topological polar surface area (TPSA) is 62.7 Å². The number of methoxy groups -OCH3 is 1. The van der Waals surface area contributed by atoms with E-state index >= 15 is 0 Å². The average Bonchev–Trinajstić information content (AvgIpc) is 3.23. The summed E-state index contributed by atoms with van der Waals surface area (Å²) in [5.41, 5.74) is 1.57. The number of nitrogens with zero attached hydrogens (tertiary/aromatic N) is 3. The Kier molecular flexibility index (Phi) is 6.67. The molecule has 2 aromatic carbocycles. The molecule has 2 heterocycles. The molecule has 0 unspecified atom stereocenters. The van der Waals surface area contributed by atoms with Gasteiger partial charge in [-0.1, -0.05) is 34.8 Å². The van der Waals surface area contributed by atoms with E-state index in [4.69, 9.17) is 44.5 Å². The molecule has 1 aromatic heterocycles. The van der Waals surface area contributed by atoms with Gasteiger partial charge in [-0.05, 0) is 36.4 Å². The third-order valence-corrected chi connectivity index (χ3v) is 8.56. The first-order chi connectivity index (χ1) is 14.8. The summed E-state index contributed by atoms with van der Waals surface area (Å²) in [6, 6.07) is 9.88. The van der Waals surface area contributed by atoms with Gasteiger partial charge in [0.15, 0.2) is 5.13 Å². The highest BCUT2D eigenvalue weighted by atomic mass is 35.5. The number of piperazine rings is 1. The van der Waals surface area contributed by atoms with Gasteiger partial charge in [0, 0.05) is 47.2 Å². The van der Waals surface area contributed by atoms with Gasteiger partial charge in [-0.2, -0.15) is 4.31 Å². The molecule has 0 atom stereocenters. The lowest BCUT2D eigenvalue weighted by molar-refractivity contribution is 0.374. The number of rotatable bonds is 5. The Hall–Kier alpha value is -1.55. The highest BCUT2D eigenvalue weighted by Crippen LogP contribution is 2.35. The van der Waals surface area contributed by atoms with Crippen molar-refractivity contribution in [3.05, 3.63) is 56.8 Å². The molecule has 0 saturated carbocycles. The van der Waals surface area contributed by atoms with Crippen LogP contribution < -0.4 is 9.64 Å². The molecule has 0 radical (unpaired) electrons. The van der Waals surface area contributed by atoms with E-state index in [1.165, 1.54) is 28.8 Å². The number of halogens is 3. The quantitative estimate of drug-likeness (QED) is 0.459. The lowest BCUT2D eigenvalue weighted by Gasteiger charge is -2.34. The normalized spacial score (nSPS) is 15.3. The van der Waals surface area contributed by atoms with E-state index < -0.39 is 10.0 Å². The van der Waals surface area contributed by atoms with Gasteiger partial charge in [-0.15, -0.1) is 11.3 Å². The van der Waals surface area contributed by atoms with Crippen molar-refractivity contribution in [3.63, 3.8) is 0 Å². The molecule has 0 amide bonds. The Bertz CT molecular complexity index is 1210. The minimum Gasteiger partial charge on any atom is -0.495 e. The van der Waals surface area contributed by atoms with Crippen LogP contribution in [0.2, 0.25) is 15.1 Å². The summed E-state index contributed by atoms with van der Waals surface area (Å²) in [4.78, 5) is 6.83. The minimum absolute atomic E-state index is 0.0739. The summed E-state index contributed by atoms with van der Waals surface area (Å²) in [6.45, 7) is 1.69. The van der Waals surface area contributed by atoms with Gasteiger partial charge in [0.25, 0.3) is 0 Å². The molecular weight excluding hydrogens is 501 g/mol. The van der Waals surface area contributed by atoms with Crippen LogP contribution in [0.3, 0.4) is 0 Å². The smallest absolute Gasteiger partial charge is 0.246 e. The SMILES string of the molecule is COc1ccc(Cl)cc1S(=O)(=O)N1CCN(c2nc(-c3ccc(Cl)cc3Cl)cs2)CC1. The highest BCUT2D eigenvalue weighted by molar-refractivity contribution is 7.89. The molecule has 1 aliphatic heterocycles. The van der Waals surface area contributed by atoms with Crippen LogP contribution in [0.15, 0.2) is 46.7 Å². The van der Waals surface area contributed by atoms with Crippen LogP contribution >= 0.6 is 46.1 Å². The highest BCUT2D eigenvalue weighted by Gasteiger charge is 2.31. The van der Waals surface area contributed by atoms with Crippen LogP contribution in [0.25, 0.3) is 11.3 Å². The first-order valence-corrected chi connectivity index (χ1v) is 12.7. The van der Waals surface area contributed by atoms with E-state index in [0.29, 0.717) is 41.2 Å². The Morgan fingerprint density at radius 1 is 1.00 bits per heavy atom. The molecule has 11 heteroatoms. The number of hydrogen-bond donors (Lipinski definition) is 0. The van der Waals surface area contributed by atoms with E-state index in [-0.39, 0.29) is 10.6 Å². The van der Waals surface area contributed by atoms with Crippen molar-refractivity contribution in [2.75, 3.05) is 38.2 Å². The fraction of sp³-hybridized carbons (Fsp3) is 0.250. The van der Waals surface area contributed by atoms with Crippen molar-refractivity contribution >= 4 is 61.3 Å². The van der Waals surface area contributed by atoms with Crippen LogP contribution in [-0.4, -0.2) is 51.0 Å². The van der Waals surface area contributed by atoms with Gasteiger partial charge < -0.3 is 9.64 Å². The molecule has 4 rings (SSSR count). The number of ether oxygens (including phenoxy) is 1. The fourth-order valence-electron chi connectivity index (χ4n) is 3.34. The number of benzene rings is 2. The molecule has 0 spiro atoms. The van der Waals surface area contributed by atoms with Gasteiger partial charge >= 0.3 is 0 Å². The Balaban J connectivity index is 1.49. The third kappa shape index (κ3) is 4.65. The fourth-order valence-corrected chi connectivity index (χ4v) is 6.57. The molecule has 0 bridgehead atoms. The average molecular weight is 519 g/mol. The summed E-state index contributed by atoms with van der Waals surface area (Å²) in [7, 11) is -2.29. The Labute approximate surface area is 200 Å². The first kappa shape index (κ1) is 22.6. The van der Waals surface area contributed by atoms with Gasteiger partial charge in [-0.3, -0.25) is 0 Å².